The van der Waals surface area contributed by atoms with Crippen molar-refractivity contribution in [1.29, 1.82) is 0 Å². The number of furan rings is 1. The van der Waals surface area contributed by atoms with Crippen molar-refractivity contribution in [3.63, 3.8) is 0 Å². The summed E-state index contributed by atoms with van der Waals surface area (Å²) >= 11 is 0. The number of allylic oxidation sites excluding steroid dienone is 1. The largest absolute Gasteiger partial charge is 0.469 e. The number of aliphatic hydroxyl groups is 1. The molecule has 0 aliphatic heterocycles. The van der Waals surface area contributed by atoms with Crippen molar-refractivity contribution in [3.05, 3.63) is 35.3 Å². The van der Waals surface area contributed by atoms with Crippen molar-refractivity contribution in [3.8, 4) is 0 Å². The molecule has 1 unspecified atom stereocenters. The van der Waals surface area contributed by atoms with Crippen LogP contribution in [0.1, 0.15) is 19.1 Å². The highest BCUT2D eigenvalue weighted by atomic mass is 16.3. The molecule has 1 aliphatic carbocycles. The monoisotopic (exact) mass is 192 g/mol. The molecular weight excluding hydrogens is 180 g/mol. The molecule has 1 heterocycles. The fraction of sp³-hybridized carbons (Fsp3) is 0.364. The van der Waals surface area contributed by atoms with Crippen LogP contribution < -0.4 is 0 Å². The molecule has 14 heavy (non-hydrogen) atoms. The Kier molecular flexibility index (Phi) is 2.25. The van der Waals surface area contributed by atoms with Gasteiger partial charge in [0.2, 0.25) is 0 Å². The number of carbonyl (C=O) groups is 1. The third kappa shape index (κ3) is 1.51. The number of aliphatic hydroxyl groups excluding tert-OH is 1. The summed E-state index contributed by atoms with van der Waals surface area (Å²) in [5, 5.41) is 9.46. The summed E-state index contributed by atoms with van der Waals surface area (Å²) in [6, 6.07) is 3.62. The van der Waals surface area contributed by atoms with Crippen LogP contribution in [0.15, 0.2) is 34.0 Å². The van der Waals surface area contributed by atoms with Gasteiger partial charge in [-0.3, -0.25) is 4.79 Å². The number of rotatable bonds is 2. The van der Waals surface area contributed by atoms with Gasteiger partial charge in [0.1, 0.15) is 5.76 Å². The van der Waals surface area contributed by atoms with Crippen LogP contribution in [-0.4, -0.2) is 17.0 Å². The van der Waals surface area contributed by atoms with Crippen molar-refractivity contribution in [2.75, 3.05) is 0 Å². The second-order valence-electron chi connectivity index (χ2n) is 3.56. The Labute approximate surface area is 82.0 Å². The lowest BCUT2D eigenvalue weighted by atomic mass is 10.1. The molecule has 0 aromatic carbocycles. The summed E-state index contributed by atoms with van der Waals surface area (Å²) in [5.74, 6) is 0.799. The minimum Gasteiger partial charge on any atom is -0.469 e. The Balaban J connectivity index is 2.22. The van der Waals surface area contributed by atoms with Gasteiger partial charge in [-0.15, -0.1) is 0 Å². The zero-order valence-corrected chi connectivity index (χ0v) is 7.99. The summed E-state index contributed by atoms with van der Waals surface area (Å²) < 4.78 is 5.16. The highest BCUT2D eigenvalue weighted by Crippen LogP contribution is 2.25. The van der Waals surface area contributed by atoms with Crippen molar-refractivity contribution in [2.45, 2.75) is 25.9 Å². The highest BCUT2D eigenvalue weighted by Gasteiger charge is 2.28. The SMILES string of the molecule is CC1=C(Cc2ccco2)C(=O)CC1O. The Bertz CT molecular complexity index is 373. The van der Waals surface area contributed by atoms with Crippen LogP contribution in [0.4, 0.5) is 0 Å². The minimum absolute atomic E-state index is 0.0337. The molecule has 0 saturated heterocycles. The quantitative estimate of drug-likeness (QED) is 0.772. The van der Waals surface area contributed by atoms with Gasteiger partial charge in [-0.1, -0.05) is 0 Å². The Hall–Kier alpha value is -1.35. The summed E-state index contributed by atoms with van der Waals surface area (Å²) in [6.07, 6.45) is 1.71. The van der Waals surface area contributed by atoms with Gasteiger partial charge in [0.25, 0.3) is 0 Å². The van der Waals surface area contributed by atoms with Gasteiger partial charge in [-0.05, 0) is 24.6 Å². The molecule has 0 spiro atoms. The van der Waals surface area contributed by atoms with Crippen LogP contribution >= 0.6 is 0 Å². The molecule has 1 N–H and O–H groups in total. The molecule has 1 aromatic heterocycles. The Morgan fingerprint density at radius 2 is 2.43 bits per heavy atom. The van der Waals surface area contributed by atoms with Gasteiger partial charge < -0.3 is 9.52 Å². The standard InChI is InChI=1S/C11H12O3/c1-7-9(11(13)6-10(7)12)5-8-3-2-4-14-8/h2-4,10,12H,5-6H2,1H3. The maximum absolute atomic E-state index is 11.5. The third-order valence-corrected chi connectivity index (χ3v) is 2.62. The molecule has 0 radical (unpaired) electrons. The number of Topliss-reactive ketones (excluding diaryl/α,β-unsaturated/α-hetero) is 1. The van der Waals surface area contributed by atoms with Gasteiger partial charge in [0.15, 0.2) is 5.78 Å². The first-order chi connectivity index (χ1) is 6.68. The van der Waals surface area contributed by atoms with Crippen LogP contribution in [0.2, 0.25) is 0 Å². The molecular formula is C11H12O3. The maximum atomic E-state index is 11.5. The van der Waals surface area contributed by atoms with Crippen LogP contribution in [0.5, 0.6) is 0 Å². The van der Waals surface area contributed by atoms with E-state index in [1.54, 1.807) is 19.3 Å². The average molecular weight is 192 g/mol. The molecule has 0 bridgehead atoms. The molecule has 74 valence electrons. The third-order valence-electron chi connectivity index (χ3n) is 2.62. The highest BCUT2D eigenvalue weighted by molar-refractivity contribution is 5.99. The van der Waals surface area contributed by atoms with Crippen molar-refractivity contribution < 1.29 is 14.3 Å². The first kappa shape index (κ1) is 9.21. The van der Waals surface area contributed by atoms with E-state index in [0.717, 1.165) is 11.3 Å². The van der Waals surface area contributed by atoms with Crippen LogP contribution in [0, 0.1) is 0 Å². The molecule has 1 aliphatic rings. The van der Waals surface area contributed by atoms with Crippen LogP contribution in [0.3, 0.4) is 0 Å². The lowest BCUT2D eigenvalue weighted by molar-refractivity contribution is -0.115. The Morgan fingerprint density at radius 3 is 2.93 bits per heavy atom. The number of hydrogen-bond donors (Lipinski definition) is 1. The van der Waals surface area contributed by atoms with Gasteiger partial charge >= 0.3 is 0 Å². The summed E-state index contributed by atoms with van der Waals surface area (Å²) in [5.41, 5.74) is 1.49. The summed E-state index contributed by atoms with van der Waals surface area (Å²) in [6.45, 7) is 1.80. The van der Waals surface area contributed by atoms with Crippen molar-refractivity contribution in [1.82, 2.24) is 0 Å². The summed E-state index contributed by atoms with van der Waals surface area (Å²) in [7, 11) is 0. The topological polar surface area (TPSA) is 50.4 Å². The molecule has 2 rings (SSSR count). The van der Waals surface area contributed by atoms with E-state index in [0.29, 0.717) is 12.0 Å². The zero-order valence-electron chi connectivity index (χ0n) is 7.99. The van der Waals surface area contributed by atoms with Crippen molar-refractivity contribution >= 4 is 5.78 Å². The van der Waals surface area contributed by atoms with Gasteiger partial charge in [-0.2, -0.15) is 0 Å². The molecule has 3 heteroatoms. The van der Waals surface area contributed by atoms with E-state index in [4.69, 9.17) is 4.42 Å². The second-order valence-corrected chi connectivity index (χ2v) is 3.56. The normalized spacial score (nSPS) is 22.1. The summed E-state index contributed by atoms with van der Waals surface area (Å²) in [4.78, 5) is 11.5. The first-order valence-corrected chi connectivity index (χ1v) is 4.62. The first-order valence-electron chi connectivity index (χ1n) is 4.62. The van der Waals surface area contributed by atoms with Crippen LogP contribution in [0.25, 0.3) is 0 Å². The second kappa shape index (κ2) is 3.42. The van der Waals surface area contributed by atoms with E-state index in [9.17, 15) is 9.90 Å². The predicted molar refractivity (Wildman–Crippen MR) is 50.7 cm³/mol. The molecule has 0 fully saturated rings. The van der Waals surface area contributed by atoms with E-state index in [1.807, 2.05) is 6.07 Å². The molecule has 3 nitrogen and oxygen atoms in total. The number of carbonyl (C=O) groups excluding carboxylic acids is 1. The van der Waals surface area contributed by atoms with E-state index in [2.05, 4.69) is 0 Å². The minimum atomic E-state index is -0.590. The van der Waals surface area contributed by atoms with Gasteiger partial charge in [0.05, 0.1) is 12.4 Å². The van der Waals surface area contributed by atoms with Crippen LogP contribution in [-0.2, 0) is 11.2 Å². The van der Waals surface area contributed by atoms with Gasteiger partial charge in [0, 0.05) is 18.4 Å². The van der Waals surface area contributed by atoms with Gasteiger partial charge in [-0.25, -0.2) is 0 Å². The molecule has 1 atom stereocenters. The zero-order chi connectivity index (χ0) is 10.1. The molecule has 1 aromatic rings. The molecule has 0 saturated carbocycles. The van der Waals surface area contributed by atoms with E-state index >= 15 is 0 Å². The fourth-order valence-electron chi connectivity index (χ4n) is 1.70. The lowest BCUT2D eigenvalue weighted by Crippen LogP contribution is -2.03. The molecule has 0 amide bonds. The number of hydrogen-bond acceptors (Lipinski definition) is 3. The van der Waals surface area contributed by atoms with E-state index < -0.39 is 6.10 Å². The Morgan fingerprint density at radius 1 is 1.64 bits per heavy atom. The van der Waals surface area contributed by atoms with E-state index in [-0.39, 0.29) is 12.2 Å². The van der Waals surface area contributed by atoms with Crippen molar-refractivity contribution in [2.24, 2.45) is 0 Å². The predicted octanol–water partition coefficient (Wildman–Crippen LogP) is 1.47. The lowest BCUT2D eigenvalue weighted by Gasteiger charge is -2.01. The average Bonchev–Trinajstić information content (AvgIpc) is 2.71. The maximum Gasteiger partial charge on any atom is 0.162 e. The fourth-order valence-corrected chi connectivity index (χ4v) is 1.70. The number of ketones is 1. The smallest absolute Gasteiger partial charge is 0.162 e. The van der Waals surface area contributed by atoms with E-state index in [1.165, 1.54) is 0 Å².